The van der Waals surface area contributed by atoms with E-state index in [-0.39, 0.29) is 5.56 Å². The summed E-state index contributed by atoms with van der Waals surface area (Å²) in [4.78, 5) is 11.1. The first kappa shape index (κ1) is 12.4. The van der Waals surface area contributed by atoms with Gasteiger partial charge in [-0.15, -0.1) is 5.46 Å². The summed E-state index contributed by atoms with van der Waals surface area (Å²) >= 11 is 0. The van der Waals surface area contributed by atoms with Gasteiger partial charge in [0, 0.05) is 0 Å². The van der Waals surface area contributed by atoms with Crippen molar-refractivity contribution in [2.45, 2.75) is 6.92 Å². The average Bonchev–Trinajstić information content (AvgIpc) is 2.19. The van der Waals surface area contributed by atoms with Crippen LogP contribution in [0, 0.1) is 6.92 Å². The molecule has 0 saturated carbocycles. The molecule has 0 aliphatic rings. The van der Waals surface area contributed by atoms with Crippen molar-refractivity contribution >= 4 is 18.4 Å². The number of phenolic OH excluding ortho intramolecular Hbond substituents is 1. The van der Waals surface area contributed by atoms with E-state index in [2.05, 4.69) is 4.74 Å². The van der Waals surface area contributed by atoms with Crippen LogP contribution in [0.5, 0.6) is 5.75 Å². The van der Waals surface area contributed by atoms with E-state index in [0.29, 0.717) is 6.07 Å². The van der Waals surface area contributed by atoms with Gasteiger partial charge in [0.2, 0.25) is 0 Å². The van der Waals surface area contributed by atoms with Crippen LogP contribution in [0.4, 0.5) is 12.9 Å². The molecular weight excluding hydrogens is 224 g/mol. The molecule has 0 aromatic heterocycles. The molecule has 1 aromatic rings. The minimum atomic E-state index is -5.21. The Kier molecular flexibility index (Phi) is 3.16. The molecule has 0 radical (unpaired) electrons. The van der Waals surface area contributed by atoms with Gasteiger partial charge in [-0.1, -0.05) is 12.1 Å². The lowest BCUT2D eigenvalue weighted by Gasteiger charge is -2.17. The average molecular weight is 233 g/mol. The van der Waals surface area contributed by atoms with Crippen LogP contribution in [-0.4, -0.2) is 25.2 Å². The van der Waals surface area contributed by atoms with E-state index in [9.17, 15) is 22.8 Å². The second kappa shape index (κ2) is 4.07. The van der Waals surface area contributed by atoms with Crippen LogP contribution in [0.25, 0.3) is 0 Å². The van der Waals surface area contributed by atoms with Gasteiger partial charge in [-0.2, -0.15) is 0 Å². The lowest BCUT2D eigenvalue weighted by Crippen LogP contribution is -2.34. The Morgan fingerprint density at radius 3 is 2.38 bits per heavy atom. The van der Waals surface area contributed by atoms with E-state index in [1.165, 1.54) is 6.92 Å². The predicted molar refractivity (Wildman–Crippen MR) is 52.9 cm³/mol. The summed E-state index contributed by atoms with van der Waals surface area (Å²) < 4.78 is 41.7. The first-order chi connectivity index (χ1) is 7.27. The molecule has 0 atom stereocenters. The molecule has 0 unspecified atom stereocenters. The van der Waals surface area contributed by atoms with Crippen molar-refractivity contribution in [2.24, 2.45) is 0 Å². The second-order valence-corrected chi connectivity index (χ2v) is 3.30. The highest BCUT2D eigenvalue weighted by Gasteiger charge is 2.28. The van der Waals surface area contributed by atoms with E-state index in [1.807, 2.05) is 0 Å². The molecule has 1 N–H and O–H groups in total. The number of rotatable bonds is 2. The highest BCUT2D eigenvalue weighted by molar-refractivity contribution is 6.73. The van der Waals surface area contributed by atoms with E-state index in [1.54, 1.807) is 0 Å². The van der Waals surface area contributed by atoms with Crippen molar-refractivity contribution in [1.82, 2.24) is 0 Å². The zero-order chi connectivity index (χ0) is 12.5. The number of benzene rings is 1. The van der Waals surface area contributed by atoms with Gasteiger partial charge < -0.3 is 22.8 Å². The molecule has 0 fully saturated rings. The van der Waals surface area contributed by atoms with Crippen molar-refractivity contribution in [3.63, 3.8) is 0 Å². The van der Waals surface area contributed by atoms with Gasteiger partial charge in [0.1, 0.15) is 5.75 Å². The number of hydrogen-bond acceptors (Lipinski definition) is 3. The molecule has 0 saturated heterocycles. The monoisotopic (exact) mass is 233 g/mol. The predicted octanol–water partition coefficient (Wildman–Crippen LogP) is 1.54. The van der Waals surface area contributed by atoms with Gasteiger partial charge >= 0.3 is 12.9 Å². The molecule has 0 spiro atoms. The molecule has 16 heavy (non-hydrogen) atoms. The van der Waals surface area contributed by atoms with Gasteiger partial charge in [-0.3, -0.25) is 0 Å². The number of aromatic hydroxyl groups is 1. The summed E-state index contributed by atoms with van der Waals surface area (Å²) in [6.45, 7) is -3.93. The van der Waals surface area contributed by atoms with Crippen molar-refractivity contribution < 1.29 is 27.6 Å². The third-order valence-corrected chi connectivity index (χ3v) is 2.11. The second-order valence-electron chi connectivity index (χ2n) is 3.30. The Morgan fingerprint density at radius 1 is 1.38 bits per heavy atom. The van der Waals surface area contributed by atoms with Crippen molar-refractivity contribution in [2.75, 3.05) is 7.11 Å². The molecule has 7 heteroatoms. The number of carbonyl (C=O) groups excluding carboxylic acids is 1. The molecule has 0 bridgehead atoms. The fourth-order valence-electron chi connectivity index (χ4n) is 1.26. The van der Waals surface area contributed by atoms with Crippen molar-refractivity contribution in [3.05, 3.63) is 23.3 Å². The number of ether oxygens (including phenoxy) is 1. The minimum absolute atomic E-state index is 0.0166. The van der Waals surface area contributed by atoms with Crippen LogP contribution in [0.1, 0.15) is 15.9 Å². The minimum Gasteiger partial charge on any atom is -0.507 e. The van der Waals surface area contributed by atoms with E-state index in [0.717, 1.165) is 13.2 Å². The van der Waals surface area contributed by atoms with Crippen LogP contribution >= 0.6 is 0 Å². The van der Waals surface area contributed by atoms with Crippen molar-refractivity contribution in [1.29, 1.82) is 0 Å². The van der Waals surface area contributed by atoms with Gasteiger partial charge in [-0.25, -0.2) is 4.79 Å². The van der Waals surface area contributed by atoms with Crippen LogP contribution < -0.4 is 5.46 Å². The fraction of sp³-hybridized carbons (Fsp3) is 0.222. The largest absolute Gasteiger partial charge is 0.509 e. The van der Waals surface area contributed by atoms with Crippen LogP contribution in [0.2, 0.25) is 0 Å². The number of halogens is 3. The normalized spacial score (nSPS) is 11.3. The molecule has 0 aliphatic heterocycles. The Labute approximate surface area is 89.9 Å². The third-order valence-electron chi connectivity index (χ3n) is 2.11. The summed E-state index contributed by atoms with van der Waals surface area (Å²) in [7, 11) is 1.03. The summed E-state index contributed by atoms with van der Waals surface area (Å²) in [5.41, 5.74) is -1.43. The summed E-state index contributed by atoms with van der Waals surface area (Å²) in [6.07, 6.45) is 0. The maximum Gasteiger partial charge on any atom is 0.509 e. The molecule has 0 amide bonds. The summed E-state index contributed by atoms with van der Waals surface area (Å²) in [5, 5.41) is 9.43. The first-order valence-corrected chi connectivity index (χ1v) is 4.39. The Bertz CT molecular complexity index is 429. The molecule has 3 nitrogen and oxygen atoms in total. The molecule has 0 heterocycles. The third kappa shape index (κ3) is 2.29. The standard InChI is InChI=1S/C9H9BF3O3/c1-5-3-6(10(11,12)13)4-7(8(5)14)9(15)16-2/h3-4,14H,1-2H3/q-1. The topological polar surface area (TPSA) is 46.5 Å². The maximum absolute atomic E-state index is 12.5. The zero-order valence-corrected chi connectivity index (χ0v) is 8.63. The highest BCUT2D eigenvalue weighted by atomic mass is 19.4. The highest BCUT2D eigenvalue weighted by Crippen LogP contribution is 2.23. The van der Waals surface area contributed by atoms with Crippen LogP contribution in [0.15, 0.2) is 12.1 Å². The number of methoxy groups -OCH3 is 1. The fourth-order valence-corrected chi connectivity index (χ4v) is 1.26. The van der Waals surface area contributed by atoms with Gasteiger partial charge in [0.25, 0.3) is 0 Å². The lowest BCUT2D eigenvalue weighted by atomic mass is 9.78. The van der Waals surface area contributed by atoms with Gasteiger partial charge in [0.05, 0.1) is 12.7 Å². The van der Waals surface area contributed by atoms with Crippen LogP contribution in [-0.2, 0) is 4.74 Å². The number of aryl methyl sites for hydroxylation is 1. The summed E-state index contributed by atoms with van der Waals surface area (Å²) in [6, 6.07) is 1.38. The number of hydrogen-bond donors (Lipinski definition) is 1. The van der Waals surface area contributed by atoms with Gasteiger partial charge in [-0.05, 0) is 12.5 Å². The Balaban J connectivity index is 3.39. The number of phenols is 1. The van der Waals surface area contributed by atoms with Crippen LogP contribution in [0.3, 0.4) is 0 Å². The molecule has 1 aromatic carbocycles. The van der Waals surface area contributed by atoms with E-state index >= 15 is 0 Å². The smallest absolute Gasteiger partial charge is 0.507 e. The first-order valence-electron chi connectivity index (χ1n) is 4.39. The zero-order valence-electron chi connectivity index (χ0n) is 8.63. The quantitative estimate of drug-likeness (QED) is 0.622. The Hall–Kier alpha value is -1.66. The van der Waals surface area contributed by atoms with E-state index in [4.69, 9.17) is 0 Å². The molecule has 88 valence electrons. The van der Waals surface area contributed by atoms with Crippen molar-refractivity contribution in [3.8, 4) is 5.75 Å². The Morgan fingerprint density at radius 2 is 1.94 bits per heavy atom. The molecular formula is C9H9BF3O3-. The number of carbonyl (C=O) groups is 1. The number of esters is 1. The summed E-state index contributed by atoms with van der Waals surface area (Å²) in [5.74, 6) is -1.49. The molecule has 0 aliphatic carbocycles. The van der Waals surface area contributed by atoms with Gasteiger partial charge in [0.15, 0.2) is 0 Å². The molecule has 1 rings (SSSR count). The van der Waals surface area contributed by atoms with E-state index < -0.39 is 29.7 Å². The lowest BCUT2D eigenvalue weighted by molar-refractivity contribution is 0.0597. The SMILES string of the molecule is COC(=O)c1cc([B-](F)(F)F)cc(C)c1O. The maximum atomic E-state index is 12.5.